The lowest BCUT2D eigenvalue weighted by Gasteiger charge is -2.28. The van der Waals surface area contributed by atoms with Gasteiger partial charge in [0.05, 0.1) is 0 Å². The molecule has 0 saturated heterocycles. The van der Waals surface area contributed by atoms with Crippen LogP contribution in [0.15, 0.2) is 54.6 Å². The molecule has 2 atom stereocenters. The minimum atomic E-state index is 0.257. The highest BCUT2D eigenvalue weighted by atomic mass is 14.6. The van der Waals surface area contributed by atoms with Crippen LogP contribution in [0.1, 0.15) is 60.6 Å². The standard InChI is InChI=1S/C21H25N/c22-15-21(11-4-5-12-21)18-10-6-9-17(13-18)20-14-19(20)16-7-2-1-3-8-16/h1-3,6-10,13,19-20H,4-5,11-12,14-15,22H2/t19-,20-/m0/s1. The van der Waals surface area contributed by atoms with Gasteiger partial charge in [0.25, 0.3) is 0 Å². The highest BCUT2D eigenvalue weighted by Gasteiger charge is 2.40. The average molecular weight is 291 g/mol. The first kappa shape index (κ1) is 14.0. The van der Waals surface area contributed by atoms with Gasteiger partial charge in [0, 0.05) is 12.0 Å². The fourth-order valence-electron chi connectivity index (χ4n) is 4.39. The molecule has 0 unspecified atom stereocenters. The highest BCUT2D eigenvalue weighted by molar-refractivity contribution is 5.40. The molecule has 0 aromatic heterocycles. The number of nitrogens with two attached hydrogens (primary N) is 1. The number of benzene rings is 2. The van der Waals surface area contributed by atoms with Crippen LogP contribution in [0.3, 0.4) is 0 Å². The van der Waals surface area contributed by atoms with Gasteiger partial charge in [-0.05, 0) is 47.8 Å². The lowest BCUT2D eigenvalue weighted by molar-refractivity contribution is 0.452. The molecule has 4 rings (SSSR count). The summed E-state index contributed by atoms with van der Waals surface area (Å²) in [5.74, 6) is 1.42. The van der Waals surface area contributed by atoms with E-state index in [0.29, 0.717) is 11.8 Å². The number of rotatable bonds is 4. The Bertz CT molecular complexity index is 640. The molecule has 2 aromatic carbocycles. The van der Waals surface area contributed by atoms with E-state index in [1.807, 2.05) is 0 Å². The fraction of sp³-hybridized carbons (Fsp3) is 0.429. The largest absolute Gasteiger partial charge is 0.330 e. The molecule has 2 aliphatic rings. The van der Waals surface area contributed by atoms with Gasteiger partial charge in [-0.2, -0.15) is 0 Å². The minimum Gasteiger partial charge on any atom is -0.330 e. The van der Waals surface area contributed by atoms with Crippen LogP contribution in [0.2, 0.25) is 0 Å². The SMILES string of the molecule is NCC1(c2cccc([C@@H]3C[C@H]3c3ccccc3)c2)CCCC1. The summed E-state index contributed by atoms with van der Waals surface area (Å²) in [4.78, 5) is 0. The second-order valence-electron chi connectivity index (χ2n) is 7.18. The summed E-state index contributed by atoms with van der Waals surface area (Å²) in [6, 6.07) is 20.3. The fourth-order valence-corrected chi connectivity index (χ4v) is 4.39. The van der Waals surface area contributed by atoms with Gasteiger partial charge < -0.3 is 5.73 Å². The molecular weight excluding hydrogens is 266 g/mol. The lowest BCUT2D eigenvalue weighted by atomic mass is 9.78. The van der Waals surface area contributed by atoms with Crippen LogP contribution in [-0.2, 0) is 5.41 Å². The minimum absolute atomic E-state index is 0.257. The van der Waals surface area contributed by atoms with E-state index in [4.69, 9.17) is 5.73 Å². The smallest absolute Gasteiger partial charge is 0.00756 e. The first-order valence-corrected chi connectivity index (χ1v) is 8.68. The van der Waals surface area contributed by atoms with Crippen LogP contribution >= 0.6 is 0 Å². The number of hydrogen-bond donors (Lipinski definition) is 1. The molecule has 2 aromatic rings. The van der Waals surface area contributed by atoms with Crippen LogP contribution < -0.4 is 5.73 Å². The third-order valence-corrected chi connectivity index (χ3v) is 5.90. The lowest BCUT2D eigenvalue weighted by Crippen LogP contribution is -2.32. The predicted octanol–water partition coefficient (Wildman–Crippen LogP) is 4.73. The van der Waals surface area contributed by atoms with E-state index in [2.05, 4.69) is 54.6 Å². The average Bonchev–Trinajstić information content (AvgIpc) is 3.25. The maximum atomic E-state index is 6.16. The van der Waals surface area contributed by atoms with Gasteiger partial charge in [0.15, 0.2) is 0 Å². The van der Waals surface area contributed by atoms with E-state index in [9.17, 15) is 0 Å². The quantitative estimate of drug-likeness (QED) is 0.866. The van der Waals surface area contributed by atoms with E-state index < -0.39 is 0 Å². The Morgan fingerprint density at radius 1 is 0.864 bits per heavy atom. The molecule has 0 radical (unpaired) electrons. The zero-order chi connectivity index (χ0) is 15.0. The van der Waals surface area contributed by atoms with Crippen LogP contribution in [0.25, 0.3) is 0 Å². The van der Waals surface area contributed by atoms with E-state index in [1.165, 1.54) is 48.8 Å². The third kappa shape index (κ3) is 2.38. The second kappa shape index (κ2) is 5.55. The first-order valence-electron chi connectivity index (χ1n) is 8.68. The maximum absolute atomic E-state index is 6.16. The van der Waals surface area contributed by atoms with Crippen molar-refractivity contribution in [3.8, 4) is 0 Å². The summed E-state index contributed by atoms with van der Waals surface area (Å²) in [6.07, 6.45) is 6.48. The molecule has 2 N–H and O–H groups in total. The van der Waals surface area contributed by atoms with Crippen molar-refractivity contribution in [2.45, 2.75) is 49.4 Å². The van der Waals surface area contributed by atoms with Crippen LogP contribution in [0.5, 0.6) is 0 Å². The van der Waals surface area contributed by atoms with Crippen molar-refractivity contribution in [1.29, 1.82) is 0 Å². The summed E-state index contributed by atoms with van der Waals surface area (Å²) in [7, 11) is 0. The molecule has 2 fully saturated rings. The predicted molar refractivity (Wildman–Crippen MR) is 92.2 cm³/mol. The van der Waals surface area contributed by atoms with Crippen LogP contribution in [-0.4, -0.2) is 6.54 Å². The normalized spacial score (nSPS) is 26.0. The zero-order valence-corrected chi connectivity index (χ0v) is 13.2. The molecule has 0 heterocycles. The summed E-state index contributed by atoms with van der Waals surface area (Å²) in [6.45, 7) is 0.795. The summed E-state index contributed by atoms with van der Waals surface area (Å²) >= 11 is 0. The molecule has 2 aliphatic carbocycles. The van der Waals surface area contributed by atoms with Crippen molar-refractivity contribution in [2.75, 3.05) is 6.54 Å². The van der Waals surface area contributed by atoms with Gasteiger partial charge >= 0.3 is 0 Å². The van der Waals surface area contributed by atoms with E-state index in [1.54, 1.807) is 0 Å². The zero-order valence-electron chi connectivity index (χ0n) is 13.2. The van der Waals surface area contributed by atoms with Crippen LogP contribution in [0.4, 0.5) is 0 Å². The Morgan fingerprint density at radius 2 is 1.55 bits per heavy atom. The van der Waals surface area contributed by atoms with Crippen molar-refractivity contribution in [3.05, 3.63) is 71.3 Å². The Morgan fingerprint density at radius 3 is 2.27 bits per heavy atom. The molecule has 0 spiro atoms. The molecule has 1 nitrogen and oxygen atoms in total. The topological polar surface area (TPSA) is 26.0 Å². The number of hydrogen-bond acceptors (Lipinski definition) is 1. The van der Waals surface area contributed by atoms with Crippen molar-refractivity contribution in [2.24, 2.45) is 5.73 Å². The Balaban J connectivity index is 1.59. The van der Waals surface area contributed by atoms with Gasteiger partial charge in [-0.15, -0.1) is 0 Å². The van der Waals surface area contributed by atoms with Crippen LogP contribution in [0, 0.1) is 0 Å². The molecule has 1 heteroatoms. The van der Waals surface area contributed by atoms with Gasteiger partial charge in [0.1, 0.15) is 0 Å². The molecule has 22 heavy (non-hydrogen) atoms. The summed E-state index contributed by atoms with van der Waals surface area (Å²) in [5.41, 5.74) is 10.9. The van der Waals surface area contributed by atoms with Crippen molar-refractivity contribution < 1.29 is 0 Å². The molecule has 0 aliphatic heterocycles. The van der Waals surface area contributed by atoms with Gasteiger partial charge in [-0.3, -0.25) is 0 Å². The summed E-state index contributed by atoms with van der Waals surface area (Å²) < 4.78 is 0. The molecule has 114 valence electrons. The van der Waals surface area contributed by atoms with E-state index >= 15 is 0 Å². The summed E-state index contributed by atoms with van der Waals surface area (Å²) in [5, 5.41) is 0. The van der Waals surface area contributed by atoms with Crippen molar-refractivity contribution in [3.63, 3.8) is 0 Å². The Labute approximate surface area is 133 Å². The highest BCUT2D eigenvalue weighted by Crippen LogP contribution is 2.55. The first-order chi connectivity index (χ1) is 10.8. The third-order valence-electron chi connectivity index (χ3n) is 5.90. The van der Waals surface area contributed by atoms with E-state index in [-0.39, 0.29) is 5.41 Å². The maximum Gasteiger partial charge on any atom is 0.00756 e. The van der Waals surface area contributed by atoms with Gasteiger partial charge in [-0.25, -0.2) is 0 Å². The monoisotopic (exact) mass is 291 g/mol. The molecule has 0 amide bonds. The van der Waals surface area contributed by atoms with Crippen molar-refractivity contribution >= 4 is 0 Å². The van der Waals surface area contributed by atoms with E-state index in [0.717, 1.165) is 6.54 Å². The molecular formula is C21H25N. The van der Waals surface area contributed by atoms with Gasteiger partial charge in [0.2, 0.25) is 0 Å². The Kier molecular flexibility index (Phi) is 3.54. The molecule has 0 bridgehead atoms. The molecule has 2 saturated carbocycles. The Hall–Kier alpha value is -1.60. The van der Waals surface area contributed by atoms with Crippen molar-refractivity contribution in [1.82, 2.24) is 0 Å². The van der Waals surface area contributed by atoms with Gasteiger partial charge in [-0.1, -0.05) is 67.4 Å². The second-order valence-corrected chi connectivity index (χ2v) is 7.18.